The van der Waals surface area contributed by atoms with Crippen LogP contribution in [-0.2, 0) is 6.42 Å². The normalized spacial score (nSPS) is 24.6. The van der Waals surface area contributed by atoms with Gasteiger partial charge in [0, 0.05) is 31.4 Å². The number of benzene rings is 1. The van der Waals surface area contributed by atoms with Gasteiger partial charge in [-0.1, -0.05) is 0 Å². The zero-order chi connectivity index (χ0) is 9.54. The molecule has 2 heterocycles. The van der Waals surface area contributed by atoms with Gasteiger partial charge in [0.2, 0.25) is 0 Å². The van der Waals surface area contributed by atoms with E-state index in [2.05, 4.69) is 10.2 Å². The van der Waals surface area contributed by atoms with E-state index in [-0.39, 0.29) is 5.82 Å². The van der Waals surface area contributed by atoms with Crippen molar-refractivity contribution < 1.29 is 4.39 Å². The van der Waals surface area contributed by atoms with Crippen molar-refractivity contribution in [1.82, 2.24) is 5.32 Å². The van der Waals surface area contributed by atoms with Crippen molar-refractivity contribution in [2.75, 3.05) is 24.5 Å². The summed E-state index contributed by atoms with van der Waals surface area (Å²) in [7, 11) is 0. The molecule has 1 aromatic carbocycles. The summed E-state index contributed by atoms with van der Waals surface area (Å²) in [6.45, 7) is 3.10. The summed E-state index contributed by atoms with van der Waals surface area (Å²) >= 11 is 0. The minimum atomic E-state index is -0.114. The summed E-state index contributed by atoms with van der Waals surface area (Å²) in [4.78, 5) is 2.39. The van der Waals surface area contributed by atoms with Crippen molar-refractivity contribution in [1.29, 1.82) is 0 Å². The fourth-order valence-corrected chi connectivity index (χ4v) is 2.51. The molecule has 74 valence electrons. The zero-order valence-electron chi connectivity index (χ0n) is 7.96. The first-order valence-corrected chi connectivity index (χ1v) is 5.10. The maximum atomic E-state index is 13.0. The lowest BCUT2D eigenvalue weighted by Crippen LogP contribution is -2.49. The van der Waals surface area contributed by atoms with Gasteiger partial charge < -0.3 is 10.2 Å². The van der Waals surface area contributed by atoms with Crippen LogP contribution in [0.4, 0.5) is 10.1 Å². The molecule has 0 amide bonds. The summed E-state index contributed by atoms with van der Waals surface area (Å²) in [6.07, 6.45) is 0.986. The lowest BCUT2D eigenvalue weighted by Gasteiger charge is -2.32. The molecule has 14 heavy (non-hydrogen) atoms. The van der Waals surface area contributed by atoms with Crippen molar-refractivity contribution in [3.63, 3.8) is 0 Å². The molecule has 1 aromatic rings. The highest BCUT2D eigenvalue weighted by atomic mass is 19.1. The fourth-order valence-electron chi connectivity index (χ4n) is 2.51. The van der Waals surface area contributed by atoms with E-state index in [0.29, 0.717) is 6.04 Å². The summed E-state index contributed by atoms with van der Waals surface area (Å²) in [6, 6.07) is 5.69. The Morgan fingerprint density at radius 2 is 2.36 bits per heavy atom. The van der Waals surface area contributed by atoms with Crippen molar-refractivity contribution in [2.24, 2.45) is 0 Å². The molecule has 1 atom stereocenters. The Hall–Kier alpha value is -1.09. The van der Waals surface area contributed by atoms with Crippen LogP contribution < -0.4 is 10.2 Å². The Balaban J connectivity index is 2.01. The molecule has 1 N–H and O–H groups in total. The number of hydrogen-bond acceptors (Lipinski definition) is 2. The summed E-state index contributed by atoms with van der Waals surface area (Å²) < 4.78 is 13.0. The highest BCUT2D eigenvalue weighted by molar-refractivity contribution is 5.60. The third kappa shape index (κ3) is 1.12. The van der Waals surface area contributed by atoms with E-state index in [4.69, 9.17) is 0 Å². The van der Waals surface area contributed by atoms with E-state index in [9.17, 15) is 4.39 Å². The van der Waals surface area contributed by atoms with Gasteiger partial charge in [-0.05, 0) is 30.2 Å². The topological polar surface area (TPSA) is 15.3 Å². The molecule has 3 heteroatoms. The van der Waals surface area contributed by atoms with Crippen molar-refractivity contribution in [3.8, 4) is 0 Å². The van der Waals surface area contributed by atoms with Gasteiger partial charge in [-0.25, -0.2) is 4.39 Å². The van der Waals surface area contributed by atoms with E-state index in [1.807, 2.05) is 6.07 Å². The first-order valence-electron chi connectivity index (χ1n) is 5.10. The molecule has 1 fully saturated rings. The van der Waals surface area contributed by atoms with Gasteiger partial charge in [0.15, 0.2) is 0 Å². The van der Waals surface area contributed by atoms with Crippen LogP contribution in [-0.4, -0.2) is 25.7 Å². The molecule has 0 bridgehead atoms. The molecule has 3 rings (SSSR count). The van der Waals surface area contributed by atoms with Gasteiger partial charge in [-0.3, -0.25) is 0 Å². The summed E-state index contributed by atoms with van der Waals surface area (Å²) in [5.41, 5.74) is 2.40. The molecule has 2 aliphatic rings. The van der Waals surface area contributed by atoms with Crippen LogP contribution in [0.3, 0.4) is 0 Å². The van der Waals surface area contributed by atoms with Crippen LogP contribution in [0, 0.1) is 5.82 Å². The lowest BCUT2D eigenvalue weighted by molar-refractivity contribution is 0.495. The maximum Gasteiger partial charge on any atom is 0.123 e. The Kier molecular flexibility index (Phi) is 1.74. The SMILES string of the molecule is Fc1ccc2c(c1)C[C@H]1CNCCN21. The van der Waals surface area contributed by atoms with Gasteiger partial charge >= 0.3 is 0 Å². The second-order valence-corrected chi connectivity index (χ2v) is 4.03. The van der Waals surface area contributed by atoms with E-state index in [1.54, 1.807) is 12.1 Å². The van der Waals surface area contributed by atoms with E-state index in [0.717, 1.165) is 26.1 Å². The molecule has 0 spiro atoms. The van der Waals surface area contributed by atoms with Crippen LogP contribution in [0.15, 0.2) is 18.2 Å². The smallest absolute Gasteiger partial charge is 0.123 e. The van der Waals surface area contributed by atoms with Gasteiger partial charge in [0.1, 0.15) is 5.82 Å². The predicted molar refractivity (Wildman–Crippen MR) is 54.1 cm³/mol. The first kappa shape index (κ1) is 8.24. The highest BCUT2D eigenvalue weighted by Gasteiger charge is 2.30. The molecule has 0 aromatic heterocycles. The fraction of sp³-hybridized carbons (Fsp3) is 0.455. The van der Waals surface area contributed by atoms with Crippen LogP contribution >= 0.6 is 0 Å². The Morgan fingerprint density at radius 1 is 1.43 bits per heavy atom. The van der Waals surface area contributed by atoms with Gasteiger partial charge in [-0.15, -0.1) is 0 Å². The van der Waals surface area contributed by atoms with Crippen molar-refractivity contribution in [3.05, 3.63) is 29.6 Å². The zero-order valence-corrected chi connectivity index (χ0v) is 7.96. The van der Waals surface area contributed by atoms with Crippen LogP contribution in [0.1, 0.15) is 5.56 Å². The van der Waals surface area contributed by atoms with Crippen LogP contribution in [0.25, 0.3) is 0 Å². The number of rotatable bonds is 0. The monoisotopic (exact) mass is 192 g/mol. The van der Waals surface area contributed by atoms with Gasteiger partial charge in [0.05, 0.1) is 0 Å². The highest BCUT2D eigenvalue weighted by Crippen LogP contribution is 2.32. The second-order valence-electron chi connectivity index (χ2n) is 4.03. The molecule has 2 nitrogen and oxygen atoms in total. The third-order valence-corrected chi connectivity index (χ3v) is 3.16. The standard InChI is InChI=1S/C11H13FN2/c12-9-1-2-11-8(5-9)6-10-7-13-3-4-14(10)11/h1-2,5,10,13H,3-4,6-7H2/t10-/m0/s1. The minimum absolute atomic E-state index is 0.114. The number of piperazine rings is 1. The molecule has 0 radical (unpaired) electrons. The molecular weight excluding hydrogens is 179 g/mol. The Bertz CT molecular complexity index is 364. The number of hydrogen-bond donors (Lipinski definition) is 1. The largest absolute Gasteiger partial charge is 0.365 e. The molecule has 1 saturated heterocycles. The van der Waals surface area contributed by atoms with Crippen molar-refractivity contribution >= 4 is 5.69 Å². The van der Waals surface area contributed by atoms with Crippen LogP contribution in [0.2, 0.25) is 0 Å². The molecular formula is C11H13FN2. The first-order chi connectivity index (χ1) is 6.84. The van der Waals surface area contributed by atoms with E-state index < -0.39 is 0 Å². The summed E-state index contributed by atoms with van der Waals surface area (Å²) in [5, 5.41) is 3.37. The number of fused-ring (bicyclic) bond motifs is 3. The number of nitrogens with one attached hydrogen (secondary N) is 1. The number of halogens is 1. The third-order valence-electron chi connectivity index (χ3n) is 3.16. The minimum Gasteiger partial charge on any atom is -0.365 e. The average Bonchev–Trinajstić information content (AvgIpc) is 2.54. The molecule has 0 aliphatic carbocycles. The quantitative estimate of drug-likeness (QED) is 0.663. The Morgan fingerprint density at radius 3 is 3.29 bits per heavy atom. The lowest BCUT2D eigenvalue weighted by atomic mass is 10.1. The predicted octanol–water partition coefficient (Wildman–Crippen LogP) is 1.16. The molecule has 2 aliphatic heterocycles. The van der Waals surface area contributed by atoms with Crippen molar-refractivity contribution in [2.45, 2.75) is 12.5 Å². The van der Waals surface area contributed by atoms with Crippen LogP contribution in [0.5, 0.6) is 0 Å². The van der Waals surface area contributed by atoms with Gasteiger partial charge in [-0.2, -0.15) is 0 Å². The maximum absolute atomic E-state index is 13.0. The summed E-state index contributed by atoms with van der Waals surface area (Å²) in [5.74, 6) is -0.114. The Labute approximate surface area is 82.7 Å². The average molecular weight is 192 g/mol. The van der Waals surface area contributed by atoms with E-state index >= 15 is 0 Å². The second kappa shape index (κ2) is 2.95. The van der Waals surface area contributed by atoms with Gasteiger partial charge in [0.25, 0.3) is 0 Å². The number of nitrogens with zero attached hydrogens (tertiary/aromatic N) is 1. The van der Waals surface area contributed by atoms with E-state index in [1.165, 1.54) is 11.3 Å². The number of anilines is 1. The molecule has 0 unspecified atom stereocenters. The molecule has 0 saturated carbocycles.